The van der Waals surface area contributed by atoms with Crippen molar-refractivity contribution in [3.63, 3.8) is 0 Å². The maximum atomic E-state index is 12.7. The quantitative estimate of drug-likeness (QED) is 0.0382. The van der Waals surface area contributed by atoms with E-state index in [9.17, 15) is 14.4 Å². The Bertz CT molecular complexity index is 1110. The van der Waals surface area contributed by atoms with Crippen LogP contribution in [0.4, 0.5) is 0 Å². The Labute approximate surface area is 253 Å². The molecule has 2 rings (SSSR count). The Morgan fingerprint density at radius 2 is 1.62 bits per heavy atom. The zero-order valence-corrected chi connectivity index (χ0v) is 26.6. The fourth-order valence-electron chi connectivity index (χ4n) is 5.21. The predicted molar refractivity (Wildman–Crippen MR) is 170 cm³/mol. The monoisotopic (exact) mass is 580 g/mol. The van der Waals surface area contributed by atoms with E-state index in [1.165, 1.54) is 32.8 Å². The molecule has 0 aromatic heterocycles. The number of unbranched alkanes of at least 4 members (excludes halogenated alkanes) is 8. The van der Waals surface area contributed by atoms with Crippen LogP contribution in [0.1, 0.15) is 134 Å². The van der Waals surface area contributed by atoms with Crippen molar-refractivity contribution in [1.82, 2.24) is 0 Å². The zero-order chi connectivity index (χ0) is 30.8. The molecule has 0 radical (unpaired) electrons. The van der Waals surface area contributed by atoms with Crippen LogP contribution in [0.2, 0.25) is 0 Å². The molecule has 0 fully saturated rings. The van der Waals surface area contributed by atoms with Crippen molar-refractivity contribution >= 4 is 18.0 Å². The van der Waals surface area contributed by atoms with Crippen molar-refractivity contribution in [2.24, 2.45) is 0 Å². The standard InChI is InChI=1S/C36H52O6/c1-6-7-8-9-10-11-12-13-14-15-16-17-18-19-20-21-34(39)41-33-25-32(40-5)30-22-23-36(4,26-29(38)24-28(2)3)42-35(30)31(33)27-37/h10-11,13-14,24-25,27H,6-9,12,15-23,26H2,1-5H3. The number of carbonyl (C=O) groups excluding carboxylic acids is 3. The predicted octanol–water partition coefficient (Wildman–Crippen LogP) is 9.24. The highest BCUT2D eigenvalue weighted by atomic mass is 16.5. The Morgan fingerprint density at radius 3 is 2.26 bits per heavy atom. The SMILES string of the molecule is CCCCCC=CCC=CCCCCCCCC(=O)Oc1cc(OC)c2c(c1C=O)OC(C)(CC(=O)C=C(C)C)CC2. The van der Waals surface area contributed by atoms with Gasteiger partial charge in [0.2, 0.25) is 0 Å². The van der Waals surface area contributed by atoms with Gasteiger partial charge in [-0.2, -0.15) is 0 Å². The van der Waals surface area contributed by atoms with Gasteiger partial charge in [-0.1, -0.05) is 68.9 Å². The van der Waals surface area contributed by atoms with Crippen LogP contribution < -0.4 is 14.2 Å². The summed E-state index contributed by atoms with van der Waals surface area (Å²) in [6, 6.07) is 1.59. The molecule has 1 unspecified atom stereocenters. The van der Waals surface area contributed by atoms with Gasteiger partial charge >= 0.3 is 5.97 Å². The molecule has 0 spiro atoms. The van der Waals surface area contributed by atoms with E-state index in [0.717, 1.165) is 56.1 Å². The van der Waals surface area contributed by atoms with Crippen molar-refractivity contribution in [1.29, 1.82) is 0 Å². The molecule has 1 aromatic carbocycles. The molecular formula is C36H52O6. The first kappa shape index (κ1) is 35.0. The van der Waals surface area contributed by atoms with Crippen molar-refractivity contribution in [2.45, 2.75) is 130 Å². The summed E-state index contributed by atoms with van der Waals surface area (Å²) in [5.41, 5.74) is 1.08. The highest BCUT2D eigenvalue weighted by Crippen LogP contribution is 2.45. The fourth-order valence-corrected chi connectivity index (χ4v) is 5.21. The molecule has 6 heteroatoms. The maximum Gasteiger partial charge on any atom is 0.311 e. The number of ether oxygens (including phenoxy) is 3. The molecule has 1 aromatic rings. The highest BCUT2D eigenvalue weighted by molar-refractivity contribution is 5.91. The van der Waals surface area contributed by atoms with Gasteiger partial charge in [0.15, 0.2) is 12.1 Å². The molecule has 0 saturated heterocycles. The molecule has 0 saturated carbocycles. The van der Waals surface area contributed by atoms with E-state index in [1.807, 2.05) is 20.8 Å². The van der Waals surface area contributed by atoms with Gasteiger partial charge in [-0.05, 0) is 78.2 Å². The summed E-state index contributed by atoms with van der Waals surface area (Å²) < 4.78 is 17.5. The number of fused-ring (bicyclic) bond motifs is 1. The first-order chi connectivity index (χ1) is 20.2. The van der Waals surface area contributed by atoms with Crippen molar-refractivity contribution in [3.8, 4) is 17.2 Å². The average molecular weight is 581 g/mol. The first-order valence-electron chi connectivity index (χ1n) is 15.8. The Morgan fingerprint density at radius 1 is 0.952 bits per heavy atom. The number of rotatable bonds is 20. The van der Waals surface area contributed by atoms with Gasteiger partial charge in [-0.15, -0.1) is 0 Å². The number of hydrogen-bond acceptors (Lipinski definition) is 6. The van der Waals surface area contributed by atoms with Gasteiger partial charge in [0.25, 0.3) is 0 Å². The molecule has 1 aliphatic rings. The lowest BCUT2D eigenvalue weighted by Crippen LogP contribution is -2.39. The molecule has 1 atom stereocenters. The van der Waals surface area contributed by atoms with Crippen LogP contribution in [0.3, 0.4) is 0 Å². The van der Waals surface area contributed by atoms with E-state index >= 15 is 0 Å². The van der Waals surface area contributed by atoms with Crippen LogP contribution in [-0.4, -0.2) is 30.7 Å². The molecule has 1 aliphatic heterocycles. The maximum absolute atomic E-state index is 12.7. The minimum Gasteiger partial charge on any atom is -0.496 e. The lowest BCUT2D eigenvalue weighted by molar-refractivity contribution is -0.134. The number of methoxy groups -OCH3 is 1. The van der Waals surface area contributed by atoms with Crippen LogP contribution in [0, 0.1) is 0 Å². The third kappa shape index (κ3) is 12.4. The number of allylic oxidation sites excluding steroid dienone is 6. The third-order valence-electron chi connectivity index (χ3n) is 7.49. The van der Waals surface area contributed by atoms with E-state index in [1.54, 1.807) is 12.1 Å². The summed E-state index contributed by atoms with van der Waals surface area (Å²) >= 11 is 0. The lowest BCUT2D eigenvalue weighted by atomic mass is 9.86. The number of carbonyl (C=O) groups is 3. The Hall–Kier alpha value is -3.15. The summed E-state index contributed by atoms with van der Waals surface area (Å²) in [7, 11) is 1.54. The summed E-state index contributed by atoms with van der Waals surface area (Å²) in [5.74, 6) is 0.563. The second-order valence-corrected chi connectivity index (χ2v) is 11.8. The van der Waals surface area contributed by atoms with Gasteiger partial charge < -0.3 is 14.2 Å². The molecule has 6 nitrogen and oxygen atoms in total. The Kier molecular flexibility index (Phi) is 16.0. The number of esters is 1. The first-order valence-corrected chi connectivity index (χ1v) is 15.8. The number of hydrogen-bond donors (Lipinski definition) is 0. The number of benzene rings is 1. The largest absolute Gasteiger partial charge is 0.496 e. The van der Waals surface area contributed by atoms with Gasteiger partial charge in [0, 0.05) is 24.5 Å². The average Bonchev–Trinajstić information content (AvgIpc) is 2.93. The smallest absolute Gasteiger partial charge is 0.311 e. The van der Waals surface area contributed by atoms with Crippen LogP contribution in [-0.2, 0) is 16.0 Å². The Balaban J connectivity index is 1.82. The van der Waals surface area contributed by atoms with E-state index in [2.05, 4.69) is 31.2 Å². The zero-order valence-electron chi connectivity index (χ0n) is 26.6. The van der Waals surface area contributed by atoms with Gasteiger partial charge in [-0.25, -0.2) is 0 Å². The van der Waals surface area contributed by atoms with E-state index in [0.29, 0.717) is 30.6 Å². The van der Waals surface area contributed by atoms with E-state index in [4.69, 9.17) is 14.2 Å². The number of ketones is 1. The molecule has 0 aliphatic carbocycles. The van der Waals surface area contributed by atoms with Gasteiger partial charge in [0.1, 0.15) is 22.8 Å². The molecule has 0 bridgehead atoms. The summed E-state index contributed by atoms with van der Waals surface area (Å²) in [4.78, 5) is 37.3. The van der Waals surface area contributed by atoms with E-state index < -0.39 is 5.60 Å². The van der Waals surface area contributed by atoms with Crippen LogP contribution in [0.15, 0.2) is 42.0 Å². The molecule has 42 heavy (non-hydrogen) atoms. The summed E-state index contributed by atoms with van der Waals surface area (Å²) in [6.07, 6.45) is 25.1. The highest BCUT2D eigenvalue weighted by Gasteiger charge is 2.37. The van der Waals surface area contributed by atoms with Gasteiger partial charge in [-0.3, -0.25) is 14.4 Å². The van der Waals surface area contributed by atoms with Crippen LogP contribution >= 0.6 is 0 Å². The lowest BCUT2D eigenvalue weighted by Gasteiger charge is -2.36. The van der Waals surface area contributed by atoms with E-state index in [-0.39, 0.29) is 35.9 Å². The minimum atomic E-state index is -0.776. The normalized spacial score (nSPS) is 16.2. The van der Waals surface area contributed by atoms with Crippen molar-refractivity contribution in [3.05, 3.63) is 53.1 Å². The second kappa shape index (κ2) is 19.1. The molecule has 0 N–H and O–H groups in total. The topological polar surface area (TPSA) is 78.9 Å². The molecule has 232 valence electrons. The van der Waals surface area contributed by atoms with Gasteiger partial charge in [0.05, 0.1) is 12.7 Å². The molecule has 0 amide bonds. The fraction of sp³-hybridized carbons (Fsp3) is 0.583. The van der Waals surface area contributed by atoms with Crippen molar-refractivity contribution in [2.75, 3.05) is 7.11 Å². The molecule has 1 heterocycles. The number of aldehydes is 1. The second-order valence-electron chi connectivity index (χ2n) is 11.8. The van der Waals surface area contributed by atoms with Crippen molar-refractivity contribution < 1.29 is 28.6 Å². The minimum absolute atomic E-state index is 0.0273. The van der Waals surface area contributed by atoms with Crippen LogP contribution in [0.25, 0.3) is 0 Å². The molecular weight excluding hydrogens is 528 g/mol. The summed E-state index contributed by atoms with van der Waals surface area (Å²) in [6.45, 7) is 7.85. The van der Waals surface area contributed by atoms with Crippen LogP contribution in [0.5, 0.6) is 17.2 Å². The summed E-state index contributed by atoms with van der Waals surface area (Å²) in [5, 5.41) is 0. The third-order valence-corrected chi connectivity index (χ3v) is 7.49.